The molecule has 0 atom stereocenters. The molecule has 206 valence electrons. The van der Waals surface area contributed by atoms with Crippen LogP contribution in [0.1, 0.15) is 156 Å². The van der Waals surface area contributed by atoms with Gasteiger partial charge in [0.1, 0.15) is 13.2 Å². The molecule has 0 fully saturated rings. The molecule has 4 heteroatoms. The Bertz CT molecular complexity index is 413. The van der Waals surface area contributed by atoms with E-state index in [-0.39, 0.29) is 23.0 Å². The van der Waals surface area contributed by atoms with Gasteiger partial charge in [-0.2, -0.15) is 0 Å². The number of rotatable bonds is 26. The van der Waals surface area contributed by atoms with Gasteiger partial charge in [-0.25, -0.2) is 0 Å². The summed E-state index contributed by atoms with van der Waals surface area (Å²) in [6.45, 7) is 14.2. The van der Waals surface area contributed by atoms with Gasteiger partial charge in [-0.05, 0) is 33.1 Å². The maximum atomic E-state index is 12.1. The van der Waals surface area contributed by atoms with Crippen molar-refractivity contribution in [3.63, 3.8) is 0 Å². The lowest BCUT2D eigenvalue weighted by atomic mass is 10.1. The Morgan fingerprint density at radius 2 is 0.912 bits per heavy atom. The van der Waals surface area contributed by atoms with Crippen LogP contribution in [0.4, 0.5) is 0 Å². The molecule has 0 aliphatic heterocycles. The summed E-state index contributed by atoms with van der Waals surface area (Å²) in [6, 6.07) is 0. The van der Waals surface area contributed by atoms with E-state index in [1.807, 2.05) is 0 Å². The number of halogens is 1. The second-order valence-corrected chi connectivity index (χ2v) is 10.4. The molecule has 0 amide bonds. The normalized spacial score (nSPS) is 11.4. The minimum atomic E-state index is 0. The van der Waals surface area contributed by atoms with Crippen molar-refractivity contribution in [2.24, 2.45) is 0 Å². The topological polar surface area (TPSA) is 26.3 Å². The van der Waals surface area contributed by atoms with E-state index in [0.717, 1.165) is 30.5 Å². The molecular formula is C30H62BrNO2. The summed E-state index contributed by atoms with van der Waals surface area (Å²) in [6.07, 6.45) is 26.1. The molecule has 0 spiro atoms. The van der Waals surface area contributed by atoms with Gasteiger partial charge >= 0.3 is 5.97 Å². The Balaban J connectivity index is 0. The highest BCUT2D eigenvalue weighted by Gasteiger charge is 2.23. The number of hydrogen-bond donors (Lipinski definition) is 0. The van der Waals surface area contributed by atoms with E-state index in [0.29, 0.717) is 13.0 Å². The number of nitrogens with zero attached hydrogens (tertiary/aromatic N) is 1. The van der Waals surface area contributed by atoms with Gasteiger partial charge in [0.15, 0.2) is 0 Å². The summed E-state index contributed by atoms with van der Waals surface area (Å²) in [5.41, 5.74) is 0. The van der Waals surface area contributed by atoms with Crippen LogP contribution in [-0.4, -0.2) is 43.2 Å². The van der Waals surface area contributed by atoms with Crippen molar-refractivity contribution in [1.29, 1.82) is 0 Å². The van der Waals surface area contributed by atoms with E-state index in [1.165, 1.54) is 122 Å². The van der Waals surface area contributed by atoms with E-state index in [1.54, 1.807) is 0 Å². The summed E-state index contributed by atoms with van der Waals surface area (Å²) in [5, 5.41) is 0. The Kier molecular flexibility index (Phi) is 29.2. The van der Waals surface area contributed by atoms with E-state index < -0.39 is 0 Å². The summed E-state index contributed by atoms with van der Waals surface area (Å²) in [5.74, 6) is 0.0170. The lowest BCUT2D eigenvalue weighted by molar-refractivity contribution is -0.925. The van der Waals surface area contributed by atoms with Gasteiger partial charge in [-0.1, -0.05) is 117 Å². The van der Waals surface area contributed by atoms with E-state index in [4.69, 9.17) is 4.74 Å². The molecule has 0 bridgehead atoms. The average Bonchev–Trinajstić information content (AvgIpc) is 2.83. The monoisotopic (exact) mass is 547 g/mol. The zero-order valence-electron chi connectivity index (χ0n) is 23.8. The number of unbranched alkanes of at least 4 members (excludes halogenated alkanes) is 17. The predicted octanol–water partition coefficient (Wildman–Crippen LogP) is 6.23. The number of hydrogen-bond acceptors (Lipinski definition) is 2. The molecule has 0 aromatic heterocycles. The van der Waals surface area contributed by atoms with Gasteiger partial charge < -0.3 is 26.2 Å². The second-order valence-electron chi connectivity index (χ2n) is 10.4. The van der Waals surface area contributed by atoms with E-state index >= 15 is 0 Å². The molecule has 34 heavy (non-hydrogen) atoms. The van der Waals surface area contributed by atoms with Crippen LogP contribution in [0.3, 0.4) is 0 Å². The summed E-state index contributed by atoms with van der Waals surface area (Å²) in [4.78, 5) is 12.1. The smallest absolute Gasteiger partial charge is 0.305 e. The first-order valence-corrected chi connectivity index (χ1v) is 15.1. The minimum absolute atomic E-state index is 0. The molecule has 0 heterocycles. The van der Waals surface area contributed by atoms with E-state index in [9.17, 15) is 4.79 Å². The maximum Gasteiger partial charge on any atom is 0.305 e. The molecule has 0 aromatic carbocycles. The van der Waals surface area contributed by atoms with Crippen LogP contribution >= 0.6 is 0 Å². The average molecular weight is 549 g/mol. The fourth-order valence-electron chi connectivity index (χ4n) is 4.91. The molecular weight excluding hydrogens is 486 g/mol. The summed E-state index contributed by atoms with van der Waals surface area (Å²) >= 11 is 0. The SMILES string of the molecule is CCCCCCCCCCCCCC(=O)OCC[N+](CC)(CC)CCCCCCCCCC.[Br-]. The Morgan fingerprint density at radius 3 is 1.32 bits per heavy atom. The molecule has 0 unspecified atom stereocenters. The number of ether oxygens (including phenoxy) is 1. The number of esters is 1. The van der Waals surface area contributed by atoms with Crippen molar-refractivity contribution in [3.8, 4) is 0 Å². The minimum Gasteiger partial charge on any atom is -1.00 e. The van der Waals surface area contributed by atoms with Crippen LogP contribution in [0, 0.1) is 0 Å². The summed E-state index contributed by atoms with van der Waals surface area (Å²) in [7, 11) is 0. The molecule has 0 aliphatic rings. The highest BCUT2D eigenvalue weighted by atomic mass is 79.9. The number of likely N-dealkylation sites (N-methyl/N-ethyl adjacent to an activating group) is 1. The standard InChI is InChI=1S/C30H62NO2.BrH/c1-5-9-11-13-15-17-18-19-20-22-24-26-30(32)33-29-28-31(7-3,8-4)27-25-23-21-16-14-12-10-6-2;/h5-29H2,1-4H3;1H/q+1;/p-1. The van der Waals surface area contributed by atoms with Crippen molar-refractivity contribution in [2.75, 3.05) is 32.8 Å². The largest absolute Gasteiger partial charge is 1.00 e. The van der Waals surface area contributed by atoms with E-state index in [2.05, 4.69) is 27.7 Å². The van der Waals surface area contributed by atoms with Crippen LogP contribution < -0.4 is 17.0 Å². The third kappa shape index (κ3) is 22.4. The second kappa shape index (κ2) is 27.5. The van der Waals surface area contributed by atoms with Gasteiger partial charge in [-0.15, -0.1) is 0 Å². The van der Waals surface area contributed by atoms with Crippen LogP contribution in [0.25, 0.3) is 0 Å². The van der Waals surface area contributed by atoms with Crippen LogP contribution in [-0.2, 0) is 9.53 Å². The molecule has 0 saturated carbocycles. The van der Waals surface area contributed by atoms with Crippen molar-refractivity contribution in [2.45, 2.75) is 156 Å². The lowest BCUT2D eigenvalue weighted by Crippen LogP contribution is -3.00. The Labute approximate surface area is 225 Å². The molecule has 0 aliphatic carbocycles. The fraction of sp³-hybridized carbons (Fsp3) is 0.967. The Hall–Kier alpha value is -0.0900. The van der Waals surface area contributed by atoms with Gasteiger partial charge in [-0.3, -0.25) is 4.79 Å². The number of carbonyl (C=O) groups is 1. The quantitative estimate of drug-likeness (QED) is 0.0728. The Morgan fingerprint density at radius 1 is 0.529 bits per heavy atom. The summed E-state index contributed by atoms with van der Waals surface area (Å²) < 4.78 is 6.72. The van der Waals surface area contributed by atoms with Crippen LogP contribution in [0.15, 0.2) is 0 Å². The molecule has 0 rings (SSSR count). The highest BCUT2D eigenvalue weighted by Crippen LogP contribution is 2.14. The van der Waals surface area contributed by atoms with Crippen molar-refractivity contribution < 1.29 is 31.0 Å². The van der Waals surface area contributed by atoms with Crippen molar-refractivity contribution >= 4 is 5.97 Å². The third-order valence-electron chi connectivity index (χ3n) is 7.64. The molecule has 0 radical (unpaired) electrons. The van der Waals surface area contributed by atoms with Gasteiger partial charge in [0.05, 0.1) is 19.6 Å². The van der Waals surface area contributed by atoms with Crippen molar-refractivity contribution in [3.05, 3.63) is 0 Å². The van der Waals surface area contributed by atoms with Gasteiger partial charge in [0.25, 0.3) is 0 Å². The first kappa shape index (κ1) is 36.1. The molecule has 3 nitrogen and oxygen atoms in total. The molecule has 0 N–H and O–H groups in total. The third-order valence-corrected chi connectivity index (χ3v) is 7.64. The highest BCUT2D eigenvalue weighted by molar-refractivity contribution is 5.69. The van der Waals surface area contributed by atoms with Crippen LogP contribution in [0.2, 0.25) is 0 Å². The number of quaternary nitrogens is 1. The van der Waals surface area contributed by atoms with Gasteiger partial charge in [0, 0.05) is 6.42 Å². The lowest BCUT2D eigenvalue weighted by Gasteiger charge is -2.36. The predicted molar refractivity (Wildman–Crippen MR) is 146 cm³/mol. The van der Waals surface area contributed by atoms with Gasteiger partial charge in [0.2, 0.25) is 0 Å². The zero-order chi connectivity index (χ0) is 24.5. The maximum absolute atomic E-state index is 12.1. The first-order chi connectivity index (χ1) is 16.1. The fourth-order valence-corrected chi connectivity index (χ4v) is 4.91. The molecule has 0 saturated heterocycles. The van der Waals surface area contributed by atoms with Crippen LogP contribution in [0.5, 0.6) is 0 Å². The zero-order valence-corrected chi connectivity index (χ0v) is 25.4. The first-order valence-electron chi connectivity index (χ1n) is 15.1. The number of carbonyl (C=O) groups excluding carboxylic acids is 1. The molecule has 0 aromatic rings. The van der Waals surface area contributed by atoms with Crippen molar-refractivity contribution in [1.82, 2.24) is 0 Å².